The van der Waals surface area contributed by atoms with Crippen molar-refractivity contribution in [3.05, 3.63) is 11.6 Å². The monoisotopic (exact) mass is 252 g/mol. The van der Waals surface area contributed by atoms with E-state index in [9.17, 15) is 9.59 Å². The Hall–Kier alpha value is -1.12. The van der Waals surface area contributed by atoms with Gasteiger partial charge in [-0.2, -0.15) is 0 Å². The Morgan fingerprint density at radius 1 is 1.28 bits per heavy atom. The van der Waals surface area contributed by atoms with E-state index in [1.165, 1.54) is 5.57 Å². The van der Waals surface area contributed by atoms with Crippen molar-refractivity contribution in [2.45, 2.75) is 65.4 Å². The van der Waals surface area contributed by atoms with Gasteiger partial charge in [0, 0.05) is 6.42 Å². The number of ketones is 1. The zero-order valence-corrected chi connectivity index (χ0v) is 11.9. The zero-order valence-electron chi connectivity index (χ0n) is 11.9. The summed E-state index contributed by atoms with van der Waals surface area (Å²) in [5.74, 6) is 0.422. The average molecular weight is 252 g/mol. The van der Waals surface area contributed by atoms with Crippen LogP contribution in [0.25, 0.3) is 0 Å². The van der Waals surface area contributed by atoms with Crippen LogP contribution in [0.4, 0.5) is 0 Å². The normalized spacial score (nSPS) is 20.4. The molecular formula is C15H24O3. The number of esters is 1. The van der Waals surface area contributed by atoms with Gasteiger partial charge in [0.05, 0.1) is 0 Å². The lowest BCUT2D eigenvalue weighted by molar-refractivity contribution is -0.156. The third-order valence-corrected chi connectivity index (χ3v) is 3.03. The van der Waals surface area contributed by atoms with Gasteiger partial charge < -0.3 is 4.74 Å². The van der Waals surface area contributed by atoms with Crippen molar-refractivity contribution in [2.75, 3.05) is 0 Å². The van der Waals surface area contributed by atoms with Gasteiger partial charge in [0.1, 0.15) is 5.60 Å². The number of hydrogen-bond acceptors (Lipinski definition) is 3. The van der Waals surface area contributed by atoms with Gasteiger partial charge in [-0.3, -0.25) is 9.59 Å². The van der Waals surface area contributed by atoms with Gasteiger partial charge in [-0.25, -0.2) is 0 Å². The maximum Gasteiger partial charge on any atom is 0.306 e. The minimum absolute atomic E-state index is 0.105. The molecule has 102 valence electrons. The van der Waals surface area contributed by atoms with Crippen LogP contribution in [0.5, 0.6) is 0 Å². The van der Waals surface area contributed by atoms with Gasteiger partial charge >= 0.3 is 5.97 Å². The summed E-state index contributed by atoms with van der Waals surface area (Å²) in [6, 6.07) is 0. The van der Waals surface area contributed by atoms with E-state index in [1.54, 1.807) is 13.0 Å². The highest BCUT2D eigenvalue weighted by Crippen LogP contribution is 2.30. The molecule has 0 amide bonds. The Morgan fingerprint density at radius 3 is 2.28 bits per heavy atom. The lowest BCUT2D eigenvalue weighted by Crippen LogP contribution is -2.25. The number of carbonyl (C=O) groups excluding carboxylic acids is 2. The Balaban J connectivity index is 2.36. The molecule has 0 spiro atoms. The molecule has 1 rings (SSSR count). The standard InChI is InChI=1S/C15H24O3/c1-11(16)9-12-5-7-13(8-6-12)10-14(17)18-15(2,3)4/h9,13H,5-8,10H2,1-4H3. The van der Waals surface area contributed by atoms with Gasteiger partial charge in [0.25, 0.3) is 0 Å². The third kappa shape index (κ3) is 5.99. The lowest BCUT2D eigenvalue weighted by atomic mass is 9.83. The first kappa shape index (κ1) is 14.9. The van der Waals surface area contributed by atoms with E-state index < -0.39 is 5.60 Å². The van der Waals surface area contributed by atoms with Crippen LogP contribution < -0.4 is 0 Å². The molecule has 1 saturated carbocycles. The summed E-state index contributed by atoms with van der Waals surface area (Å²) in [5, 5.41) is 0. The van der Waals surface area contributed by atoms with Crippen LogP contribution in [0.3, 0.4) is 0 Å². The molecule has 0 atom stereocenters. The Morgan fingerprint density at radius 2 is 1.83 bits per heavy atom. The van der Waals surface area contributed by atoms with Crippen molar-refractivity contribution in [2.24, 2.45) is 5.92 Å². The molecule has 3 heteroatoms. The van der Waals surface area contributed by atoms with Crippen LogP contribution in [-0.4, -0.2) is 17.4 Å². The van der Waals surface area contributed by atoms with E-state index >= 15 is 0 Å². The van der Waals surface area contributed by atoms with Crippen LogP contribution in [-0.2, 0) is 14.3 Å². The number of hydrogen-bond donors (Lipinski definition) is 0. The van der Waals surface area contributed by atoms with Crippen molar-refractivity contribution >= 4 is 11.8 Å². The predicted octanol–water partition coefficient (Wildman–Crippen LogP) is 3.42. The van der Waals surface area contributed by atoms with E-state index in [4.69, 9.17) is 4.74 Å². The number of allylic oxidation sites excluding steroid dienone is 2. The van der Waals surface area contributed by atoms with E-state index in [0.29, 0.717) is 12.3 Å². The molecule has 0 unspecified atom stereocenters. The van der Waals surface area contributed by atoms with Crippen molar-refractivity contribution in [1.82, 2.24) is 0 Å². The molecule has 3 nitrogen and oxygen atoms in total. The second-order valence-electron chi connectivity index (χ2n) is 6.15. The molecule has 1 aliphatic carbocycles. The van der Waals surface area contributed by atoms with E-state index in [2.05, 4.69) is 0 Å². The molecule has 18 heavy (non-hydrogen) atoms. The Kier molecular flexibility index (Phi) is 5.12. The van der Waals surface area contributed by atoms with Crippen LogP contribution in [0.1, 0.15) is 59.8 Å². The smallest absolute Gasteiger partial charge is 0.306 e. The van der Waals surface area contributed by atoms with Gasteiger partial charge in [-0.1, -0.05) is 5.57 Å². The molecule has 0 N–H and O–H groups in total. The molecule has 1 fully saturated rings. The fraction of sp³-hybridized carbons (Fsp3) is 0.733. The molecule has 0 bridgehead atoms. The Labute approximate surface area is 110 Å². The maximum atomic E-state index is 11.7. The molecule has 0 aliphatic heterocycles. The average Bonchev–Trinajstić information content (AvgIpc) is 2.17. The second kappa shape index (κ2) is 6.17. The highest BCUT2D eigenvalue weighted by molar-refractivity contribution is 5.87. The summed E-state index contributed by atoms with van der Waals surface area (Å²) < 4.78 is 5.32. The van der Waals surface area contributed by atoms with Gasteiger partial charge in [0.15, 0.2) is 5.78 Å². The summed E-state index contributed by atoms with van der Waals surface area (Å²) in [6.07, 6.45) is 6.09. The second-order valence-corrected chi connectivity index (χ2v) is 6.15. The Bertz CT molecular complexity index is 337. The van der Waals surface area contributed by atoms with Crippen LogP contribution >= 0.6 is 0 Å². The first-order valence-corrected chi connectivity index (χ1v) is 6.68. The largest absolute Gasteiger partial charge is 0.460 e. The molecule has 0 saturated heterocycles. The lowest BCUT2D eigenvalue weighted by Gasteiger charge is -2.25. The predicted molar refractivity (Wildman–Crippen MR) is 71.2 cm³/mol. The van der Waals surface area contributed by atoms with Crippen molar-refractivity contribution in [3.63, 3.8) is 0 Å². The summed E-state index contributed by atoms with van der Waals surface area (Å²) in [6.45, 7) is 7.25. The molecule has 0 aromatic heterocycles. The number of ether oxygens (including phenoxy) is 1. The van der Waals surface area contributed by atoms with Crippen molar-refractivity contribution < 1.29 is 14.3 Å². The summed E-state index contributed by atoms with van der Waals surface area (Å²) >= 11 is 0. The minimum atomic E-state index is -0.397. The SMILES string of the molecule is CC(=O)C=C1CCC(CC(=O)OC(C)(C)C)CC1. The maximum absolute atomic E-state index is 11.7. The summed E-state index contributed by atoms with van der Waals surface area (Å²) in [4.78, 5) is 22.7. The molecular weight excluding hydrogens is 228 g/mol. The number of rotatable bonds is 3. The topological polar surface area (TPSA) is 43.4 Å². The van der Waals surface area contributed by atoms with E-state index in [-0.39, 0.29) is 11.8 Å². The molecule has 0 heterocycles. The quantitative estimate of drug-likeness (QED) is 0.571. The van der Waals surface area contributed by atoms with Crippen molar-refractivity contribution in [3.8, 4) is 0 Å². The fourth-order valence-electron chi connectivity index (χ4n) is 2.30. The van der Waals surface area contributed by atoms with Gasteiger partial charge in [0.2, 0.25) is 0 Å². The first-order chi connectivity index (χ1) is 8.26. The van der Waals surface area contributed by atoms with Gasteiger partial charge in [-0.15, -0.1) is 0 Å². The summed E-state index contributed by atoms with van der Waals surface area (Å²) in [5.41, 5.74) is 0.828. The molecule has 1 aliphatic rings. The fourth-order valence-corrected chi connectivity index (χ4v) is 2.30. The third-order valence-electron chi connectivity index (χ3n) is 3.03. The highest BCUT2D eigenvalue weighted by atomic mass is 16.6. The van der Waals surface area contributed by atoms with Crippen LogP contribution in [0.15, 0.2) is 11.6 Å². The summed E-state index contributed by atoms with van der Waals surface area (Å²) in [7, 11) is 0. The highest BCUT2D eigenvalue weighted by Gasteiger charge is 2.23. The molecule has 0 aromatic carbocycles. The molecule has 0 aromatic rings. The molecule has 0 radical (unpaired) electrons. The van der Waals surface area contributed by atoms with E-state index in [1.807, 2.05) is 20.8 Å². The van der Waals surface area contributed by atoms with Crippen LogP contribution in [0, 0.1) is 5.92 Å². The van der Waals surface area contributed by atoms with Crippen LogP contribution in [0.2, 0.25) is 0 Å². The first-order valence-electron chi connectivity index (χ1n) is 6.68. The minimum Gasteiger partial charge on any atom is -0.460 e. The van der Waals surface area contributed by atoms with Crippen molar-refractivity contribution in [1.29, 1.82) is 0 Å². The van der Waals surface area contributed by atoms with Gasteiger partial charge in [-0.05, 0) is 65.4 Å². The number of carbonyl (C=O) groups is 2. The van der Waals surface area contributed by atoms with E-state index in [0.717, 1.165) is 25.7 Å². The zero-order chi connectivity index (χ0) is 13.8.